The van der Waals surface area contributed by atoms with E-state index in [1.165, 1.54) is 11.1 Å². The second kappa shape index (κ2) is 8.00. The van der Waals surface area contributed by atoms with Crippen molar-refractivity contribution in [2.75, 3.05) is 47.0 Å². The van der Waals surface area contributed by atoms with Gasteiger partial charge in [-0.1, -0.05) is 24.3 Å². The normalized spacial score (nSPS) is 19.7. The van der Waals surface area contributed by atoms with Crippen LogP contribution >= 0.6 is 0 Å². The van der Waals surface area contributed by atoms with Gasteiger partial charge in [0.25, 0.3) is 0 Å². The van der Waals surface area contributed by atoms with Gasteiger partial charge in [0.05, 0.1) is 19.8 Å². The van der Waals surface area contributed by atoms with Crippen LogP contribution in [0.1, 0.15) is 17.2 Å². The fourth-order valence-corrected chi connectivity index (χ4v) is 2.58. The third-order valence-corrected chi connectivity index (χ3v) is 3.70. The summed E-state index contributed by atoms with van der Waals surface area (Å²) < 4.78 is 11.0. The highest BCUT2D eigenvalue weighted by Gasteiger charge is 2.24. The molecule has 1 heterocycles. The quantitative estimate of drug-likeness (QED) is 0.520. The minimum absolute atomic E-state index is 0.0981. The van der Waals surface area contributed by atoms with Crippen molar-refractivity contribution in [3.05, 3.63) is 35.4 Å². The number of methoxy groups -OCH3 is 1. The fourth-order valence-electron chi connectivity index (χ4n) is 2.58. The second-order valence-corrected chi connectivity index (χ2v) is 5.13. The zero-order valence-corrected chi connectivity index (χ0v) is 13.1. The Hall–Kier alpha value is -1.59. The lowest BCUT2D eigenvalue weighted by Gasteiger charge is -2.35. The number of hydrogen-bond acceptors (Lipinski definition) is 3. The Labute approximate surface area is 127 Å². The molecule has 0 bridgehead atoms. The molecular formula is C16H25N3O2. The van der Waals surface area contributed by atoms with E-state index in [1.807, 2.05) is 7.05 Å². The number of morpholine rings is 1. The summed E-state index contributed by atoms with van der Waals surface area (Å²) in [5, 5.41) is 3.32. The third-order valence-electron chi connectivity index (χ3n) is 3.70. The van der Waals surface area contributed by atoms with Crippen LogP contribution in [-0.2, 0) is 9.47 Å². The highest BCUT2D eigenvalue weighted by atomic mass is 16.5. The molecule has 1 fully saturated rings. The molecule has 1 aliphatic heterocycles. The summed E-state index contributed by atoms with van der Waals surface area (Å²) in [6.07, 6.45) is 0.0981. The molecule has 0 amide bonds. The first kappa shape index (κ1) is 15.8. The van der Waals surface area contributed by atoms with Crippen molar-refractivity contribution in [3.63, 3.8) is 0 Å². The number of aliphatic imine (C=N–C) groups is 1. The molecule has 5 nitrogen and oxygen atoms in total. The molecule has 0 spiro atoms. The SMILES string of the molecule is CN=C(NCCOC)N1CCOC(c2ccccc2C)C1. The van der Waals surface area contributed by atoms with Crippen LogP contribution in [0, 0.1) is 6.92 Å². The van der Waals surface area contributed by atoms with Gasteiger partial charge in [0, 0.05) is 27.2 Å². The van der Waals surface area contributed by atoms with E-state index in [4.69, 9.17) is 9.47 Å². The summed E-state index contributed by atoms with van der Waals surface area (Å²) in [6, 6.07) is 8.40. The Balaban J connectivity index is 2.01. The molecule has 1 saturated heterocycles. The number of benzene rings is 1. The molecule has 1 unspecified atom stereocenters. The number of rotatable bonds is 4. The van der Waals surface area contributed by atoms with Gasteiger partial charge in [-0.15, -0.1) is 0 Å². The van der Waals surface area contributed by atoms with Crippen molar-refractivity contribution in [1.29, 1.82) is 0 Å². The summed E-state index contributed by atoms with van der Waals surface area (Å²) in [5.74, 6) is 0.911. The number of guanidine groups is 1. The molecule has 1 N–H and O–H groups in total. The maximum Gasteiger partial charge on any atom is 0.193 e. The van der Waals surface area contributed by atoms with Gasteiger partial charge in [0.1, 0.15) is 6.10 Å². The standard InChI is InChI=1S/C16H25N3O2/c1-13-6-4-5-7-14(13)15-12-19(9-11-21-15)16(17-2)18-8-10-20-3/h4-7,15H,8-12H2,1-3H3,(H,17,18). The maximum absolute atomic E-state index is 5.95. The molecule has 116 valence electrons. The zero-order valence-electron chi connectivity index (χ0n) is 13.1. The van der Waals surface area contributed by atoms with E-state index in [0.717, 1.165) is 25.6 Å². The Morgan fingerprint density at radius 2 is 2.29 bits per heavy atom. The van der Waals surface area contributed by atoms with Gasteiger partial charge in [0.2, 0.25) is 0 Å². The van der Waals surface area contributed by atoms with Crippen molar-refractivity contribution in [2.24, 2.45) is 4.99 Å². The van der Waals surface area contributed by atoms with Crippen LogP contribution in [0.15, 0.2) is 29.3 Å². The first-order valence-electron chi connectivity index (χ1n) is 7.38. The molecule has 21 heavy (non-hydrogen) atoms. The Morgan fingerprint density at radius 3 is 3.00 bits per heavy atom. The molecule has 1 aromatic rings. The summed E-state index contributed by atoms with van der Waals surface area (Å²) in [6.45, 7) is 5.94. The van der Waals surface area contributed by atoms with Crippen molar-refractivity contribution >= 4 is 5.96 Å². The van der Waals surface area contributed by atoms with E-state index < -0.39 is 0 Å². The average Bonchev–Trinajstić information content (AvgIpc) is 2.52. The van der Waals surface area contributed by atoms with E-state index >= 15 is 0 Å². The lowest BCUT2D eigenvalue weighted by Crippen LogP contribution is -2.48. The van der Waals surface area contributed by atoms with Gasteiger partial charge in [0.15, 0.2) is 5.96 Å². The number of nitrogens with zero attached hydrogens (tertiary/aromatic N) is 2. The smallest absolute Gasteiger partial charge is 0.193 e. The minimum atomic E-state index is 0.0981. The molecule has 1 atom stereocenters. The van der Waals surface area contributed by atoms with Crippen molar-refractivity contribution in [3.8, 4) is 0 Å². The second-order valence-electron chi connectivity index (χ2n) is 5.13. The van der Waals surface area contributed by atoms with Crippen molar-refractivity contribution < 1.29 is 9.47 Å². The predicted molar refractivity (Wildman–Crippen MR) is 84.7 cm³/mol. The number of aryl methyl sites for hydroxylation is 1. The van der Waals surface area contributed by atoms with Gasteiger partial charge in [-0.25, -0.2) is 0 Å². The van der Waals surface area contributed by atoms with Crippen LogP contribution in [0.3, 0.4) is 0 Å². The number of hydrogen-bond donors (Lipinski definition) is 1. The van der Waals surface area contributed by atoms with Crippen LogP contribution < -0.4 is 5.32 Å². The van der Waals surface area contributed by atoms with Crippen LogP contribution in [0.2, 0.25) is 0 Å². The lowest BCUT2D eigenvalue weighted by atomic mass is 10.0. The fraction of sp³-hybridized carbons (Fsp3) is 0.562. The Kier molecular flexibility index (Phi) is 6.02. The van der Waals surface area contributed by atoms with Gasteiger partial charge in [-0.3, -0.25) is 4.99 Å². The van der Waals surface area contributed by atoms with Gasteiger partial charge >= 0.3 is 0 Å². The lowest BCUT2D eigenvalue weighted by molar-refractivity contribution is -0.00839. The molecule has 0 aliphatic carbocycles. The summed E-state index contributed by atoms with van der Waals surface area (Å²) >= 11 is 0. The molecule has 0 saturated carbocycles. The first-order valence-corrected chi connectivity index (χ1v) is 7.38. The van der Waals surface area contributed by atoms with E-state index in [2.05, 4.69) is 46.4 Å². The minimum Gasteiger partial charge on any atom is -0.383 e. The van der Waals surface area contributed by atoms with E-state index in [-0.39, 0.29) is 6.10 Å². The highest BCUT2D eigenvalue weighted by Crippen LogP contribution is 2.24. The summed E-state index contributed by atoms with van der Waals surface area (Å²) in [5.41, 5.74) is 2.53. The zero-order chi connectivity index (χ0) is 15.1. The van der Waals surface area contributed by atoms with E-state index in [9.17, 15) is 0 Å². The third kappa shape index (κ3) is 4.19. The first-order chi connectivity index (χ1) is 10.3. The molecular weight excluding hydrogens is 266 g/mol. The van der Waals surface area contributed by atoms with Crippen LogP contribution in [0.25, 0.3) is 0 Å². The maximum atomic E-state index is 5.95. The largest absolute Gasteiger partial charge is 0.383 e. The Bertz CT molecular complexity index is 476. The van der Waals surface area contributed by atoms with Crippen LogP contribution in [0.4, 0.5) is 0 Å². The monoisotopic (exact) mass is 291 g/mol. The molecule has 2 rings (SSSR count). The van der Waals surface area contributed by atoms with Crippen molar-refractivity contribution in [2.45, 2.75) is 13.0 Å². The Morgan fingerprint density at radius 1 is 1.48 bits per heavy atom. The molecule has 0 radical (unpaired) electrons. The van der Waals surface area contributed by atoms with Crippen LogP contribution in [0.5, 0.6) is 0 Å². The van der Waals surface area contributed by atoms with Gasteiger partial charge in [-0.05, 0) is 18.1 Å². The molecule has 0 aromatic heterocycles. The predicted octanol–water partition coefficient (Wildman–Crippen LogP) is 1.59. The van der Waals surface area contributed by atoms with Crippen LogP contribution in [-0.4, -0.2) is 57.9 Å². The molecule has 5 heteroatoms. The van der Waals surface area contributed by atoms with Gasteiger partial charge in [-0.2, -0.15) is 0 Å². The summed E-state index contributed by atoms with van der Waals surface area (Å²) in [7, 11) is 3.51. The molecule has 1 aromatic carbocycles. The molecule has 1 aliphatic rings. The van der Waals surface area contributed by atoms with E-state index in [1.54, 1.807) is 7.11 Å². The average molecular weight is 291 g/mol. The van der Waals surface area contributed by atoms with E-state index in [0.29, 0.717) is 13.2 Å². The summed E-state index contributed by atoms with van der Waals surface area (Å²) in [4.78, 5) is 6.60. The topological polar surface area (TPSA) is 46.1 Å². The highest BCUT2D eigenvalue weighted by molar-refractivity contribution is 5.80. The number of nitrogens with one attached hydrogen (secondary N) is 1. The van der Waals surface area contributed by atoms with Gasteiger partial charge < -0.3 is 19.7 Å². The van der Waals surface area contributed by atoms with Crippen molar-refractivity contribution in [1.82, 2.24) is 10.2 Å². The number of ether oxygens (including phenoxy) is 2.